The molecule has 0 saturated carbocycles. The lowest BCUT2D eigenvalue weighted by Gasteiger charge is -2.44. The standard InChI is InChI=1S/C15H26N2/c1-5-12-15(6-2,17(3)4)14(16)13-10-8-7-9-11-13/h7-11,14H,5-6,12,16H2,1-4H3. The lowest BCUT2D eigenvalue weighted by atomic mass is 9.79. The van der Waals surface area contributed by atoms with Gasteiger partial charge in [-0.05, 0) is 32.5 Å². The van der Waals surface area contributed by atoms with E-state index in [0.717, 1.165) is 19.3 Å². The first-order valence-electron chi connectivity index (χ1n) is 6.56. The molecule has 1 rings (SSSR count). The molecular formula is C15H26N2. The van der Waals surface area contributed by atoms with Gasteiger partial charge in [0.2, 0.25) is 0 Å². The van der Waals surface area contributed by atoms with Crippen molar-refractivity contribution in [2.24, 2.45) is 5.73 Å². The van der Waals surface area contributed by atoms with Crippen LogP contribution in [-0.4, -0.2) is 24.5 Å². The lowest BCUT2D eigenvalue weighted by Crippen LogP contribution is -2.51. The van der Waals surface area contributed by atoms with Crippen molar-refractivity contribution >= 4 is 0 Å². The maximum atomic E-state index is 6.53. The number of likely N-dealkylation sites (N-methyl/N-ethyl adjacent to an activating group) is 1. The SMILES string of the molecule is CCCC(CC)(C(N)c1ccccc1)N(C)C. The van der Waals surface area contributed by atoms with Crippen LogP contribution in [0.2, 0.25) is 0 Å². The van der Waals surface area contributed by atoms with Gasteiger partial charge in [0.1, 0.15) is 0 Å². The number of hydrogen-bond donors (Lipinski definition) is 1. The Hall–Kier alpha value is -0.860. The highest BCUT2D eigenvalue weighted by molar-refractivity contribution is 5.22. The van der Waals surface area contributed by atoms with E-state index in [1.807, 2.05) is 6.07 Å². The normalized spacial score (nSPS) is 16.8. The molecule has 1 aromatic carbocycles. The van der Waals surface area contributed by atoms with E-state index >= 15 is 0 Å². The second kappa shape index (κ2) is 6.18. The summed E-state index contributed by atoms with van der Waals surface area (Å²) in [6.07, 6.45) is 3.36. The fraction of sp³-hybridized carbons (Fsp3) is 0.600. The number of nitrogens with zero attached hydrogens (tertiary/aromatic N) is 1. The highest BCUT2D eigenvalue weighted by Gasteiger charge is 2.37. The van der Waals surface area contributed by atoms with Crippen LogP contribution in [0, 0.1) is 0 Å². The van der Waals surface area contributed by atoms with Crippen molar-refractivity contribution in [3.05, 3.63) is 35.9 Å². The van der Waals surface area contributed by atoms with Crippen LogP contribution in [-0.2, 0) is 0 Å². The zero-order valence-electron chi connectivity index (χ0n) is 11.6. The Morgan fingerprint density at radius 3 is 2.18 bits per heavy atom. The van der Waals surface area contributed by atoms with Crippen LogP contribution in [0.5, 0.6) is 0 Å². The van der Waals surface area contributed by atoms with E-state index in [1.54, 1.807) is 0 Å². The lowest BCUT2D eigenvalue weighted by molar-refractivity contribution is 0.0989. The topological polar surface area (TPSA) is 29.3 Å². The molecule has 17 heavy (non-hydrogen) atoms. The second-order valence-electron chi connectivity index (χ2n) is 4.99. The molecule has 0 saturated heterocycles. The Labute approximate surface area is 106 Å². The van der Waals surface area contributed by atoms with Gasteiger partial charge in [0.15, 0.2) is 0 Å². The molecule has 0 bridgehead atoms. The summed E-state index contributed by atoms with van der Waals surface area (Å²) >= 11 is 0. The number of nitrogens with two attached hydrogens (primary N) is 1. The predicted octanol–water partition coefficient (Wildman–Crippen LogP) is 3.20. The van der Waals surface area contributed by atoms with Crippen LogP contribution in [0.25, 0.3) is 0 Å². The first-order chi connectivity index (χ1) is 8.08. The van der Waals surface area contributed by atoms with E-state index in [0.29, 0.717) is 0 Å². The molecule has 0 fully saturated rings. The molecule has 2 nitrogen and oxygen atoms in total. The minimum Gasteiger partial charge on any atom is -0.322 e. The van der Waals surface area contributed by atoms with E-state index in [9.17, 15) is 0 Å². The predicted molar refractivity (Wildman–Crippen MR) is 75.0 cm³/mol. The van der Waals surface area contributed by atoms with E-state index in [4.69, 9.17) is 5.73 Å². The van der Waals surface area contributed by atoms with Crippen molar-refractivity contribution in [3.8, 4) is 0 Å². The van der Waals surface area contributed by atoms with Gasteiger partial charge in [-0.1, -0.05) is 50.6 Å². The molecule has 0 radical (unpaired) electrons. The third kappa shape index (κ3) is 2.88. The average Bonchev–Trinajstić information content (AvgIpc) is 2.36. The molecule has 2 heteroatoms. The summed E-state index contributed by atoms with van der Waals surface area (Å²) in [6, 6.07) is 10.5. The van der Waals surface area contributed by atoms with Gasteiger partial charge in [0.25, 0.3) is 0 Å². The highest BCUT2D eigenvalue weighted by Crippen LogP contribution is 2.35. The van der Waals surface area contributed by atoms with Gasteiger partial charge in [0.05, 0.1) is 0 Å². The van der Waals surface area contributed by atoms with Gasteiger partial charge in [-0.2, -0.15) is 0 Å². The van der Waals surface area contributed by atoms with Crippen molar-refractivity contribution in [3.63, 3.8) is 0 Å². The van der Waals surface area contributed by atoms with Crippen molar-refractivity contribution in [2.45, 2.75) is 44.7 Å². The van der Waals surface area contributed by atoms with E-state index < -0.39 is 0 Å². The molecule has 2 N–H and O–H groups in total. The maximum Gasteiger partial charge on any atom is 0.0481 e. The van der Waals surface area contributed by atoms with Crippen molar-refractivity contribution in [2.75, 3.05) is 14.1 Å². The third-order valence-corrected chi connectivity index (χ3v) is 3.92. The Bertz CT molecular complexity index is 321. The Morgan fingerprint density at radius 2 is 1.76 bits per heavy atom. The number of benzene rings is 1. The molecule has 1 aromatic rings. The summed E-state index contributed by atoms with van der Waals surface area (Å²) in [5, 5.41) is 0. The Kier molecular flexibility index (Phi) is 5.16. The van der Waals surface area contributed by atoms with Gasteiger partial charge in [-0.15, -0.1) is 0 Å². The fourth-order valence-electron chi connectivity index (χ4n) is 2.77. The van der Waals surface area contributed by atoms with Crippen LogP contribution in [0.1, 0.15) is 44.7 Å². The van der Waals surface area contributed by atoms with Crippen molar-refractivity contribution < 1.29 is 0 Å². The maximum absolute atomic E-state index is 6.53. The van der Waals surface area contributed by atoms with Crippen molar-refractivity contribution in [1.29, 1.82) is 0 Å². The second-order valence-corrected chi connectivity index (χ2v) is 4.99. The first-order valence-corrected chi connectivity index (χ1v) is 6.56. The molecule has 0 aliphatic carbocycles. The monoisotopic (exact) mass is 234 g/mol. The Balaban J connectivity index is 3.05. The van der Waals surface area contributed by atoms with Gasteiger partial charge in [0, 0.05) is 11.6 Å². The summed E-state index contributed by atoms with van der Waals surface area (Å²) in [5.74, 6) is 0. The molecule has 0 aliphatic rings. The summed E-state index contributed by atoms with van der Waals surface area (Å²) in [4.78, 5) is 2.30. The molecule has 0 heterocycles. The molecule has 2 unspecified atom stereocenters. The molecule has 0 amide bonds. The van der Waals surface area contributed by atoms with E-state index in [-0.39, 0.29) is 11.6 Å². The molecule has 2 atom stereocenters. The van der Waals surface area contributed by atoms with Crippen LogP contribution < -0.4 is 5.73 Å². The zero-order valence-corrected chi connectivity index (χ0v) is 11.6. The molecule has 96 valence electrons. The largest absolute Gasteiger partial charge is 0.322 e. The highest BCUT2D eigenvalue weighted by atomic mass is 15.2. The van der Waals surface area contributed by atoms with E-state index in [2.05, 4.69) is 57.1 Å². The van der Waals surface area contributed by atoms with Crippen LogP contribution in [0.15, 0.2) is 30.3 Å². The summed E-state index contributed by atoms with van der Waals surface area (Å²) in [7, 11) is 4.28. The Morgan fingerprint density at radius 1 is 1.18 bits per heavy atom. The van der Waals surface area contributed by atoms with Gasteiger partial charge in [-0.25, -0.2) is 0 Å². The van der Waals surface area contributed by atoms with Crippen molar-refractivity contribution in [1.82, 2.24) is 4.90 Å². The minimum absolute atomic E-state index is 0.0656. The molecule has 0 aliphatic heterocycles. The quantitative estimate of drug-likeness (QED) is 0.819. The van der Waals surface area contributed by atoms with E-state index in [1.165, 1.54) is 5.56 Å². The number of hydrogen-bond acceptors (Lipinski definition) is 2. The zero-order chi connectivity index (χ0) is 12.9. The van der Waals surface area contributed by atoms with Gasteiger partial charge >= 0.3 is 0 Å². The summed E-state index contributed by atoms with van der Waals surface area (Å²) < 4.78 is 0. The first kappa shape index (κ1) is 14.2. The third-order valence-electron chi connectivity index (χ3n) is 3.92. The molecule has 0 aromatic heterocycles. The molecule has 0 spiro atoms. The minimum atomic E-state index is 0.0656. The smallest absolute Gasteiger partial charge is 0.0481 e. The summed E-state index contributed by atoms with van der Waals surface area (Å²) in [6.45, 7) is 4.46. The molecular weight excluding hydrogens is 208 g/mol. The van der Waals surface area contributed by atoms with Crippen LogP contribution in [0.4, 0.5) is 0 Å². The fourth-order valence-corrected chi connectivity index (χ4v) is 2.77. The van der Waals surface area contributed by atoms with Gasteiger partial charge < -0.3 is 10.6 Å². The summed E-state index contributed by atoms with van der Waals surface area (Å²) in [5.41, 5.74) is 7.83. The number of rotatable bonds is 6. The van der Waals surface area contributed by atoms with Crippen LogP contribution in [0.3, 0.4) is 0 Å². The average molecular weight is 234 g/mol. The van der Waals surface area contributed by atoms with Crippen LogP contribution >= 0.6 is 0 Å². The van der Waals surface area contributed by atoms with Gasteiger partial charge in [-0.3, -0.25) is 0 Å².